The van der Waals surface area contributed by atoms with Crippen molar-refractivity contribution in [1.82, 2.24) is 5.32 Å². The fourth-order valence-electron chi connectivity index (χ4n) is 1.63. The first kappa shape index (κ1) is 13.9. The first-order valence-corrected chi connectivity index (χ1v) is 7.49. The number of thioether (sulfide) groups is 1. The molecule has 1 aromatic carbocycles. The van der Waals surface area contributed by atoms with Crippen molar-refractivity contribution in [3.8, 4) is 0 Å². The quantitative estimate of drug-likeness (QED) is 0.737. The molecule has 0 fully saturated rings. The van der Waals surface area contributed by atoms with E-state index >= 15 is 0 Å². The Morgan fingerprint density at radius 3 is 2.75 bits per heavy atom. The summed E-state index contributed by atoms with van der Waals surface area (Å²) in [7, 11) is 0. The smallest absolute Gasteiger partial charge is 0.0453 e. The molecule has 0 unspecified atom stereocenters. The summed E-state index contributed by atoms with van der Waals surface area (Å²) in [4.78, 5) is 0. The Balaban J connectivity index is 2.30. The van der Waals surface area contributed by atoms with E-state index in [1.54, 1.807) is 0 Å². The fraction of sp³-hybridized carbons (Fsp3) is 0.538. The monoisotopic (exact) mass is 257 g/mol. The van der Waals surface area contributed by atoms with E-state index in [9.17, 15) is 0 Å². The molecule has 90 valence electrons. The van der Waals surface area contributed by atoms with Crippen LogP contribution in [0.1, 0.15) is 31.4 Å². The van der Waals surface area contributed by atoms with Crippen LogP contribution in [0.4, 0.5) is 0 Å². The summed E-state index contributed by atoms with van der Waals surface area (Å²) in [6.45, 7) is 3.22. The number of hydrogen-bond donors (Lipinski definition) is 1. The van der Waals surface area contributed by atoms with Gasteiger partial charge in [-0.15, -0.1) is 0 Å². The Bertz CT molecular complexity index is 304. The topological polar surface area (TPSA) is 12.0 Å². The second-order valence-corrected chi connectivity index (χ2v) is 5.29. The van der Waals surface area contributed by atoms with Gasteiger partial charge in [-0.1, -0.05) is 29.8 Å². The van der Waals surface area contributed by atoms with Crippen molar-refractivity contribution in [3.63, 3.8) is 0 Å². The third kappa shape index (κ3) is 4.77. The van der Waals surface area contributed by atoms with E-state index in [0.29, 0.717) is 6.04 Å². The van der Waals surface area contributed by atoms with Gasteiger partial charge in [0.1, 0.15) is 0 Å². The van der Waals surface area contributed by atoms with Gasteiger partial charge in [-0.2, -0.15) is 11.8 Å². The maximum absolute atomic E-state index is 6.14. The average Bonchev–Trinajstić information content (AvgIpc) is 2.29. The SMILES string of the molecule is CSCCCCN[C@@H](C)c1ccccc1Cl. The van der Waals surface area contributed by atoms with Crippen LogP contribution in [-0.2, 0) is 0 Å². The Labute approximate surface area is 108 Å². The van der Waals surface area contributed by atoms with Crippen molar-refractivity contribution >= 4 is 23.4 Å². The number of hydrogen-bond acceptors (Lipinski definition) is 2. The fourth-order valence-corrected chi connectivity index (χ4v) is 2.42. The van der Waals surface area contributed by atoms with E-state index in [1.807, 2.05) is 30.0 Å². The van der Waals surface area contributed by atoms with E-state index in [0.717, 1.165) is 11.6 Å². The molecule has 0 spiro atoms. The van der Waals surface area contributed by atoms with Crippen molar-refractivity contribution in [2.45, 2.75) is 25.8 Å². The van der Waals surface area contributed by atoms with E-state index in [2.05, 4.69) is 24.6 Å². The standard InChI is InChI=1S/C13H20ClNS/c1-11(15-9-5-6-10-16-2)12-7-3-4-8-13(12)14/h3-4,7-8,11,15H,5-6,9-10H2,1-2H3/t11-/m0/s1. The molecule has 3 heteroatoms. The molecule has 0 saturated carbocycles. The predicted octanol–water partition coefficient (Wildman–Crippen LogP) is 4.13. The summed E-state index contributed by atoms with van der Waals surface area (Å²) in [6, 6.07) is 8.37. The molecule has 0 aliphatic carbocycles. The van der Waals surface area contributed by atoms with Crippen LogP contribution in [-0.4, -0.2) is 18.6 Å². The van der Waals surface area contributed by atoms with E-state index in [4.69, 9.17) is 11.6 Å². The highest BCUT2D eigenvalue weighted by molar-refractivity contribution is 7.98. The summed E-state index contributed by atoms with van der Waals surface area (Å²) >= 11 is 8.05. The molecule has 0 saturated heterocycles. The minimum Gasteiger partial charge on any atom is -0.310 e. The molecule has 16 heavy (non-hydrogen) atoms. The van der Waals surface area contributed by atoms with E-state index in [1.165, 1.54) is 24.2 Å². The Hall–Kier alpha value is -0.180. The minimum atomic E-state index is 0.336. The Morgan fingerprint density at radius 2 is 2.06 bits per heavy atom. The van der Waals surface area contributed by atoms with Crippen LogP contribution in [0, 0.1) is 0 Å². The van der Waals surface area contributed by atoms with Gasteiger partial charge in [0, 0.05) is 11.1 Å². The summed E-state index contributed by atoms with van der Waals surface area (Å²) in [5, 5.41) is 4.36. The molecule has 0 amide bonds. The van der Waals surface area contributed by atoms with Crippen LogP contribution in [0.2, 0.25) is 5.02 Å². The van der Waals surface area contributed by atoms with Gasteiger partial charge in [0.25, 0.3) is 0 Å². The molecule has 0 aromatic heterocycles. The molecule has 1 rings (SSSR count). The molecule has 1 aromatic rings. The first-order valence-electron chi connectivity index (χ1n) is 5.72. The zero-order valence-electron chi connectivity index (χ0n) is 10.0. The van der Waals surface area contributed by atoms with Crippen molar-refractivity contribution in [1.29, 1.82) is 0 Å². The molecule has 0 bridgehead atoms. The summed E-state index contributed by atoms with van der Waals surface area (Å²) in [6.07, 6.45) is 4.67. The first-order chi connectivity index (χ1) is 7.75. The highest BCUT2D eigenvalue weighted by Crippen LogP contribution is 2.21. The predicted molar refractivity (Wildman–Crippen MR) is 75.5 cm³/mol. The van der Waals surface area contributed by atoms with Crippen LogP contribution in [0.5, 0.6) is 0 Å². The maximum atomic E-state index is 6.14. The normalized spacial score (nSPS) is 12.7. The lowest BCUT2D eigenvalue weighted by Gasteiger charge is -2.15. The molecule has 1 atom stereocenters. The van der Waals surface area contributed by atoms with Gasteiger partial charge < -0.3 is 5.32 Å². The minimum absolute atomic E-state index is 0.336. The number of nitrogens with one attached hydrogen (secondary N) is 1. The van der Waals surface area contributed by atoms with Crippen molar-refractivity contribution in [2.24, 2.45) is 0 Å². The Morgan fingerprint density at radius 1 is 1.31 bits per heavy atom. The third-order valence-corrected chi connectivity index (χ3v) is 3.64. The lowest BCUT2D eigenvalue weighted by atomic mass is 10.1. The van der Waals surface area contributed by atoms with Crippen molar-refractivity contribution in [2.75, 3.05) is 18.6 Å². The van der Waals surface area contributed by atoms with Gasteiger partial charge in [0.15, 0.2) is 0 Å². The average molecular weight is 258 g/mol. The molecule has 1 nitrogen and oxygen atoms in total. The van der Waals surface area contributed by atoms with Crippen molar-refractivity contribution < 1.29 is 0 Å². The van der Waals surface area contributed by atoms with Gasteiger partial charge in [0.05, 0.1) is 0 Å². The van der Waals surface area contributed by atoms with Crippen LogP contribution >= 0.6 is 23.4 Å². The van der Waals surface area contributed by atoms with E-state index in [-0.39, 0.29) is 0 Å². The third-order valence-electron chi connectivity index (χ3n) is 2.60. The largest absolute Gasteiger partial charge is 0.310 e. The zero-order chi connectivity index (χ0) is 11.8. The van der Waals surface area contributed by atoms with Crippen LogP contribution < -0.4 is 5.32 Å². The van der Waals surface area contributed by atoms with E-state index < -0.39 is 0 Å². The number of rotatable bonds is 7. The second kappa shape index (κ2) is 7.99. The van der Waals surface area contributed by atoms with Gasteiger partial charge in [-0.3, -0.25) is 0 Å². The highest BCUT2D eigenvalue weighted by atomic mass is 35.5. The van der Waals surface area contributed by atoms with Crippen LogP contribution in [0.25, 0.3) is 0 Å². The molecular formula is C13H20ClNS. The van der Waals surface area contributed by atoms with Gasteiger partial charge in [-0.25, -0.2) is 0 Å². The number of halogens is 1. The summed E-state index contributed by atoms with van der Waals surface area (Å²) < 4.78 is 0. The summed E-state index contributed by atoms with van der Waals surface area (Å²) in [5.74, 6) is 1.25. The number of unbranched alkanes of at least 4 members (excludes halogenated alkanes) is 1. The lowest BCUT2D eigenvalue weighted by Crippen LogP contribution is -2.20. The maximum Gasteiger partial charge on any atom is 0.0453 e. The second-order valence-electron chi connectivity index (χ2n) is 3.90. The summed E-state index contributed by atoms with van der Waals surface area (Å²) in [5.41, 5.74) is 1.19. The molecular weight excluding hydrogens is 238 g/mol. The van der Waals surface area contributed by atoms with Gasteiger partial charge in [-0.05, 0) is 49.9 Å². The van der Waals surface area contributed by atoms with Crippen molar-refractivity contribution in [3.05, 3.63) is 34.9 Å². The molecule has 0 aliphatic heterocycles. The molecule has 0 heterocycles. The van der Waals surface area contributed by atoms with Gasteiger partial charge in [0.2, 0.25) is 0 Å². The molecule has 0 radical (unpaired) electrons. The molecule has 1 N–H and O–H groups in total. The molecule has 0 aliphatic rings. The number of benzene rings is 1. The van der Waals surface area contributed by atoms with Crippen LogP contribution in [0.3, 0.4) is 0 Å². The lowest BCUT2D eigenvalue weighted by molar-refractivity contribution is 0.556. The van der Waals surface area contributed by atoms with Gasteiger partial charge >= 0.3 is 0 Å². The highest BCUT2D eigenvalue weighted by Gasteiger charge is 2.07. The van der Waals surface area contributed by atoms with Crippen LogP contribution in [0.15, 0.2) is 24.3 Å². The Kier molecular flexibility index (Phi) is 6.93. The zero-order valence-corrected chi connectivity index (χ0v) is 11.6.